The quantitative estimate of drug-likeness (QED) is 0.438. The molecule has 8 nitrogen and oxygen atoms in total. The van der Waals surface area contributed by atoms with Gasteiger partial charge in [-0.15, -0.1) is 0 Å². The summed E-state index contributed by atoms with van der Waals surface area (Å²) in [6.07, 6.45) is 0.251. The van der Waals surface area contributed by atoms with Crippen LogP contribution in [0, 0.1) is 10.1 Å². The summed E-state index contributed by atoms with van der Waals surface area (Å²) in [6, 6.07) is 21.6. The number of non-ortho nitro benzene ring substituents is 1. The Kier molecular flexibility index (Phi) is 6.73. The fourth-order valence-corrected chi connectivity index (χ4v) is 2.67. The molecule has 0 aliphatic carbocycles. The van der Waals surface area contributed by atoms with E-state index in [0.717, 1.165) is 5.56 Å². The van der Waals surface area contributed by atoms with Gasteiger partial charge in [0.1, 0.15) is 5.75 Å². The average molecular weight is 405 g/mol. The van der Waals surface area contributed by atoms with E-state index in [1.807, 2.05) is 30.3 Å². The Labute approximate surface area is 172 Å². The summed E-state index contributed by atoms with van der Waals surface area (Å²) in [4.78, 5) is 34.4. The first-order chi connectivity index (χ1) is 14.5. The highest BCUT2D eigenvalue weighted by molar-refractivity contribution is 5.95. The van der Waals surface area contributed by atoms with Crippen LogP contribution in [-0.2, 0) is 16.0 Å². The Morgan fingerprint density at radius 1 is 0.833 bits per heavy atom. The number of amides is 2. The zero-order valence-electron chi connectivity index (χ0n) is 15.9. The summed E-state index contributed by atoms with van der Waals surface area (Å²) in [5.41, 5.74) is 1.91. The third-order valence-corrected chi connectivity index (χ3v) is 4.06. The van der Waals surface area contributed by atoms with Gasteiger partial charge in [0, 0.05) is 23.5 Å². The molecule has 0 unspecified atom stereocenters. The summed E-state index contributed by atoms with van der Waals surface area (Å²) in [7, 11) is 0. The van der Waals surface area contributed by atoms with E-state index in [9.17, 15) is 19.7 Å². The number of carbonyl (C=O) groups is 2. The zero-order chi connectivity index (χ0) is 21.3. The lowest BCUT2D eigenvalue weighted by molar-refractivity contribution is -0.384. The van der Waals surface area contributed by atoms with Gasteiger partial charge in [-0.2, -0.15) is 0 Å². The van der Waals surface area contributed by atoms with Crippen molar-refractivity contribution in [2.24, 2.45) is 0 Å². The number of ether oxygens (including phenoxy) is 1. The highest BCUT2D eigenvalue weighted by Gasteiger charge is 2.08. The Morgan fingerprint density at radius 2 is 1.47 bits per heavy atom. The van der Waals surface area contributed by atoms with Crippen LogP contribution < -0.4 is 15.4 Å². The molecule has 0 heterocycles. The van der Waals surface area contributed by atoms with Crippen LogP contribution in [0.1, 0.15) is 5.56 Å². The highest BCUT2D eigenvalue weighted by atomic mass is 16.6. The van der Waals surface area contributed by atoms with Crippen LogP contribution in [0.3, 0.4) is 0 Å². The van der Waals surface area contributed by atoms with Gasteiger partial charge in [-0.3, -0.25) is 19.7 Å². The zero-order valence-corrected chi connectivity index (χ0v) is 15.9. The van der Waals surface area contributed by atoms with Crippen molar-refractivity contribution in [1.29, 1.82) is 0 Å². The first-order valence-electron chi connectivity index (χ1n) is 9.10. The number of benzene rings is 3. The van der Waals surface area contributed by atoms with Gasteiger partial charge >= 0.3 is 0 Å². The number of nitrogens with zero attached hydrogens (tertiary/aromatic N) is 1. The predicted octanol–water partition coefficient (Wildman–Crippen LogP) is 3.79. The maximum atomic E-state index is 12.2. The minimum absolute atomic E-state index is 0.0575. The Balaban J connectivity index is 1.50. The van der Waals surface area contributed by atoms with Crippen LogP contribution in [0.5, 0.6) is 5.75 Å². The molecule has 0 aromatic heterocycles. The van der Waals surface area contributed by atoms with E-state index in [0.29, 0.717) is 17.1 Å². The van der Waals surface area contributed by atoms with E-state index < -0.39 is 10.8 Å². The molecular formula is C22H19N3O5. The monoisotopic (exact) mass is 405 g/mol. The van der Waals surface area contributed by atoms with Gasteiger partial charge in [0.2, 0.25) is 5.91 Å². The predicted molar refractivity (Wildman–Crippen MR) is 112 cm³/mol. The number of carbonyl (C=O) groups excluding carboxylic acids is 2. The maximum absolute atomic E-state index is 12.2. The number of nitro benzene ring substituents is 1. The van der Waals surface area contributed by atoms with Crippen LogP contribution in [0.4, 0.5) is 17.1 Å². The molecular weight excluding hydrogens is 386 g/mol. The molecule has 3 aromatic carbocycles. The fraction of sp³-hybridized carbons (Fsp3) is 0.0909. The molecule has 3 aromatic rings. The van der Waals surface area contributed by atoms with Crippen molar-refractivity contribution in [3.63, 3.8) is 0 Å². The second kappa shape index (κ2) is 9.83. The highest BCUT2D eigenvalue weighted by Crippen LogP contribution is 2.18. The summed E-state index contributed by atoms with van der Waals surface area (Å²) < 4.78 is 5.33. The average Bonchev–Trinajstić information content (AvgIpc) is 2.73. The number of hydrogen-bond donors (Lipinski definition) is 2. The third-order valence-electron chi connectivity index (χ3n) is 4.06. The fourth-order valence-electron chi connectivity index (χ4n) is 2.67. The van der Waals surface area contributed by atoms with Crippen molar-refractivity contribution >= 4 is 28.9 Å². The summed E-state index contributed by atoms with van der Waals surface area (Å²) >= 11 is 0. The molecule has 0 aliphatic heterocycles. The van der Waals surface area contributed by atoms with E-state index in [-0.39, 0.29) is 24.6 Å². The van der Waals surface area contributed by atoms with E-state index >= 15 is 0 Å². The van der Waals surface area contributed by atoms with E-state index in [1.54, 1.807) is 24.3 Å². The lowest BCUT2D eigenvalue weighted by atomic mass is 10.1. The van der Waals surface area contributed by atoms with E-state index in [1.165, 1.54) is 24.3 Å². The first kappa shape index (κ1) is 20.5. The molecule has 0 radical (unpaired) electrons. The van der Waals surface area contributed by atoms with Crippen LogP contribution in [-0.4, -0.2) is 23.3 Å². The maximum Gasteiger partial charge on any atom is 0.269 e. The summed E-state index contributed by atoms with van der Waals surface area (Å²) in [6.45, 7) is -0.262. The molecule has 0 bridgehead atoms. The van der Waals surface area contributed by atoms with Crippen molar-refractivity contribution in [1.82, 2.24) is 0 Å². The molecule has 2 amide bonds. The van der Waals surface area contributed by atoms with Gasteiger partial charge in [-0.25, -0.2) is 0 Å². The second-order valence-electron chi connectivity index (χ2n) is 6.38. The largest absolute Gasteiger partial charge is 0.484 e. The van der Waals surface area contributed by atoms with Gasteiger partial charge in [0.15, 0.2) is 6.61 Å². The number of rotatable bonds is 8. The first-order valence-corrected chi connectivity index (χ1v) is 9.10. The molecule has 3 rings (SSSR count). The standard InChI is InChI=1S/C22H19N3O5/c26-21(13-16-5-2-1-3-6-16)23-17-7-4-8-18(14-17)24-22(27)15-30-20-11-9-19(10-12-20)25(28)29/h1-12,14H,13,15H2,(H,23,26)(H,24,27). The molecule has 0 atom stereocenters. The molecule has 8 heteroatoms. The number of nitrogens with one attached hydrogen (secondary N) is 2. The number of hydrogen-bond acceptors (Lipinski definition) is 5. The van der Waals surface area contributed by atoms with Crippen LogP contribution in [0.2, 0.25) is 0 Å². The van der Waals surface area contributed by atoms with Crippen molar-refractivity contribution in [3.05, 3.63) is 94.5 Å². The minimum atomic E-state index is -0.512. The van der Waals surface area contributed by atoms with Gasteiger partial charge in [-0.1, -0.05) is 36.4 Å². The van der Waals surface area contributed by atoms with Crippen LogP contribution >= 0.6 is 0 Å². The lowest BCUT2D eigenvalue weighted by Crippen LogP contribution is -2.20. The Morgan fingerprint density at radius 3 is 2.10 bits per heavy atom. The molecule has 0 saturated heterocycles. The van der Waals surface area contributed by atoms with Crippen LogP contribution in [0.25, 0.3) is 0 Å². The van der Waals surface area contributed by atoms with E-state index in [4.69, 9.17) is 4.74 Å². The Bertz CT molecular complexity index is 1040. The van der Waals surface area contributed by atoms with Gasteiger partial charge in [0.25, 0.3) is 11.6 Å². The molecule has 0 aliphatic rings. The molecule has 30 heavy (non-hydrogen) atoms. The summed E-state index contributed by atoms with van der Waals surface area (Å²) in [5, 5.41) is 16.1. The van der Waals surface area contributed by atoms with Crippen molar-refractivity contribution in [2.75, 3.05) is 17.2 Å². The Hall–Kier alpha value is -4.20. The van der Waals surface area contributed by atoms with E-state index in [2.05, 4.69) is 10.6 Å². The molecule has 0 fully saturated rings. The number of anilines is 2. The number of nitro groups is 1. The normalized spacial score (nSPS) is 10.1. The van der Waals surface area contributed by atoms with Crippen molar-refractivity contribution in [2.45, 2.75) is 6.42 Å². The molecule has 2 N–H and O–H groups in total. The second-order valence-corrected chi connectivity index (χ2v) is 6.38. The van der Waals surface area contributed by atoms with Crippen LogP contribution in [0.15, 0.2) is 78.9 Å². The smallest absolute Gasteiger partial charge is 0.269 e. The van der Waals surface area contributed by atoms with Crippen molar-refractivity contribution in [3.8, 4) is 5.75 Å². The SMILES string of the molecule is O=C(COc1ccc([N+](=O)[O-])cc1)Nc1cccc(NC(=O)Cc2ccccc2)c1. The lowest BCUT2D eigenvalue weighted by Gasteiger charge is -2.10. The molecule has 0 spiro atoms. The van der Waals surface area contributed by atoms with Gasteiger partial charge in [-0.05, 0) is 35.9 Å². The molecule has 0 saturated carbocycles. The minimum Gasteiger partial charge on any atom is -0.484 e. The van der Waals surface area contributed by atoms with Gasteiger partial charge < -0.3 is 15.4 Å². The topological polar surface area (TPSA) is 111 Å². The summed E-state index contributed by atoms with van der Waals surface area (Å²) in [5.74, 6) is -0.218. The third kappa shape index (κ3) is 6.16. The molecule has 152 valence electrons. The van der Waals surface area contributed by atoms with Gasteiger partial charge in [0.05, 0.1) is 11.3 Å². The van der Waals surface area contributed by atoms with Crippen molar-refractivity contribution < 1.29 is 19.2 Å².